The van der Waals surface area contributed by atoms with Gasteiger partial charge >= 0.3 is 11.9 Å². The van der Waals surface area contributed by atoms with Gasteiger partial charge in [0.2, 0.25) is 0 Å². The van der Waals surface area contributed by atoms with E-state index in [0.717, 1.165) is 6.07 Å². The average Bonchev–Trinajstić information content (AvgIpc) is 2.30. The van der Waals surface area contributed by atoms with E-state index in [1.54, 1.807) is 0 Å². The average molecular weight is 255 g/mol. The standard InChI is InChI=1S/C11H13NO6/c1-5(10(13)14)18-9-3-6(11(15)16)7(12)4-8(9)17-2/h3-5H,12H2,1-2H3,(H,13,14)(H,15,16). The van der Waals surface area contributed by atoms with Gasteiger partial charge in [-0.2, -0.15) is 0 Å². The third kappa shape index (κ3) is 2.82. The zero-order valence-corrected chi connectivity index (χ0v) is 9.84. The SMILES string of the molecule is COc1cc(N)c(C(=O)O)cc1OC(C)C(=O)O. The summed E-state index contributed by atoms with van der Waals surface area (Å²) in [5.41, 5.74) is 5.36. The molecule has 0 aromatic heterocycles. The Kier molecular flexibility index (Phi) is 3.98. The number of aromatic carboxylic acids is 1. The Hall–Kier alpha value is -2.44. The molecule has 1 rings (SSSR count). The highest BCUT2D eigenvalue weighted by atomic mass is 16.5. The van der Waals surface area contributed by atoms with Crippen LogP contribution in [0.4, 0.5) is 5.69 Å². The van der Waals surface area contributed by atoms with E-state index in [9.17, 15) is 9.59 Å². The summed E-state index contributed by atoms with van der Waals surface area (Å²) in [7, 11) is 1.34. The van der Waals surface area contributed by atoms with E-state index in [4.69, 9.17) is 25.4 Å². The highest BCUT2D eigenvalue weighted by Crippen LogP contribution is 2.32. The Morgan fingerprint density at radius 3 is 2.33 bits per heavy atom. The molecular formula is C11H13NO6. The van der Waals surface area contributed by atoms with Crippen LogP contribution in [0.15, 0.2) is 12.1 Å². The zero-order valence-electron chi connectivity index (χ0n) is 9.84. The molecule has 98 valence electrons. The number of methoxy groups -OCH3 is 1. The lowest BCUT2D eigenvalue weighted by atomic mass is 10.1. The van der Waals surface area contributed by atoms with Gasteiger partial charge in [0, 0.05) is 12.1 Å². The molecule has 1 atom stereocenters. The lowest BCUT2D eigenvalue weighted by Crippen LogP contribution is -2.23. The van der Waals surface area contributed by atoms with Gasteiger partial charge in [0.1, 0.15) is 0 Å². The molecule has 0 radical (unpaired) electrons. The summed E-state index contributed by atoms with van der Waals surface area (Å²) in [5.74, 6) is -2.22. The Labute approximate surface area is 103 Å². The Morgan fingerprint density at radius 1 is 1.28 bits per heavy atom. The maximum Gasteiger partial charge on any atom is 0.344 e. The summed E-state index contributed by atoms with van der Waals surface area (Å²) in [6.07, 6.45) is -1.14. The fourth-order valence-corrected chi connectivity index (χ4v) is 1.25. The second-order valence-electron chi connectivity index (χ2n) is 3.49. The number of hydrogen-bond donors (Lipinski definition) is 3. The molecular weight excluding hydrogens is 242 g/mol. The third-order valence-corrected chi connectivity index (χ3v) is 2.22. The third-order valence-electron chi connectivity index (χ3n) is 2.22. The molecule has 1 aromatic carbocycles. The quantitative estimate of drug-likeness (QED) is 0.666. The normalized spacial score (nSPS) is 11.7. The maximum absolute atomic E-state index is 10.9. The van der Waals surface area contributed by atoms with Crippen molar-refractivity contribution in [1.82, 2.24) is 0 Å². The molecule has 0 bridgehead atoms. The monoisotopic (exact) mass is 255 g/mol. The van der Waals surface area contributed by atoms with Crippen molar-refractivity contribution < 1.29 is 29.3 Å². The number of nitrogen functional groups attached to an aromatic ring is 1. The molecule has 0 aliphatic carbocycles. The van der Waals surface area contributed by atoms with Gasteiger partial charge in [-0.1, -0.05) is 0 Å². The van der Waals surface area contributed by atoms with Crippen LogP contribution in [0.5, 0.6) is 11.5 Å². The molecule has 0 amide bonds. The number of carbonyl (C=O) groups is 2. The van der Waals surface area contributed by atoms with Crippen LogP contribution < -0.4 is 15.2 Å². The molecule has 4 N–H and O–H groups in total. The van der Waals surface area contributed by atoms with E-state index in [1.807, 2.05) is 0 Å². The molecule has 0 heterocycles. The minimum absolute atomic E-state index is 0.00896. The van der Waals surface area contributed by atoms with Crippen molar-refractivity contribution in [2.75, 3.05) is 12.8 Å². The van der Waals surface area contributed by atoms with Gasteiger partial charge in [-0.05, 0) is 6.92 Å². The fourth-order valence-electron chi connectivity index (χ4n) is 1.25. The van der Waals surface area contributed by atoms with Crippen molar-refractivity contribution in [3.05, 3.63) is 17.7 Å². The number of rotatable bonds is 5. The molecule has 0 saturated carbocycles. The molecule has 1 aromatic rings. The van der Waals surface area contributed by atoms with Gasteiger partial charge in [-0.25, -0.2) is 9.59 Å². The molecule has 0 saturated heterocycles. The molecule has 7 heteroatoms. The second kappa shape index (κ2) is 5.26. The zero-order chi connectivity index (χ0) is 13.9. The number of aliphatic carboxylic acids is 1. The first-order chi connectivity index (χ1) is 8.36. The maximum atomic E-state index is 10.9. The second-order valence-corrected chi connectivity index (χ2v) is 3.49. The number of nitrogens with two attached hydrogens (primary N) is 1. The number of anilines is 1. The van der Waals surface area contributed by atoms with Gasteiger partial charge in [-0.15, -0.1) is 0 Å². The summed E-state index contributed by atoms with van der Waals surface area (Å²) < 4.78 is 10.1. The Balaban J connectivity index is 3.19. The molecule has 0 spiro atoms. The highest BCUT2D eigenvalue weighted by molar-refractivity contribution is 5.94. The Bertz CT molecular complexity index is 485. The Morgan fingerprint density at radius 2 is 1.89 bits per heavy atom. The van der Waals surface area contributed by atoms with Gasteiger partial charge in [0.15, 0.2) is 17.6 Å². The smallest absolute Gasteiger partial charge is 0.344 e. The van der Waals surface area contributed by atoms with Gasteiger partial charge in [-0.3, -0.25) is 0 Å². The minimum Gasteiger partial charge on any atom is -0.493 e. The van der Waals surface area contributed by atoms with E-state index in [1.165, 1.54) is 20.1 Å². The first kappa shape index (κ1) is 13.6. The van der Waals surface area contributed by atoms with E-state index < -0.39 is 18.0 Å². The van der Waals surface area contributed by atoms with Crippen molar-refractivity contribution in [2.24, 2.45) is 0 Å². The predicted octanol–water partition coefficient (Wildman–Crippen LogP) is 0.827. The molecule has 0 aliphatic rings. The van der Waals surface area contributed by atoms with Crippen molar-refractivity contribution >= 4 is 17.6 Å². The van der Waals surface area contributed by atoms with E-state index in [2.05, 4.69) is 0 Å². The van der Waals surface area contributed by atoms with Crippen LogP contribution in [0.3, 0.4) is 0 Å². The number of benzene rings is 1. The summed E-state index contributed by atoms with van der Waals surface area (Å²) in [4.78, 5) is 21.6. The van der Waals surface area contributed by atoms with Crippen LogP contribution in [-0.4, -0.2) is 35.4 Å². The van der Waals surface area contributed by atoms with Crippen LogP contribution in [0.2, 0.25) is 0 Å². The van der Waals surface area contributed by atoms with E-state index in [-0.39, 0.29) is 22.7 Å². The lowest BCUT2D eigenvalue weighted by molar-refractivity contribution is -0.144. The summed E-state index contributed by atoms with van der Waals surface area (Å²) >= 11 is 0. The van der Waals surface area contributed by atoms with Crippen LogP contribution in [0.25, 0.3) is 0 Å². The van der Waals surface area contributed by atoms with E-state index >= 15 is 0 Å². The van der Waals surface area contributed by atoms with Crippen LogP contribution >= 0.6 is 0 Å². The first-order valence-corrected chi connectivity index (χ1v) is 4.97. The first-order valence-electron chi connectivity index (χ1n) is 4.97. The predicted molar refractivity (Wildman–Crippen MR) is 62.1 cm³/mol. The minimum atomic E-state index is -1.23. The van der Waals surface area contributed by atoms with Crippen LogP contribution in [0, 0.1) is 0 Å². The number of carboxylic acid groups (broad SMARTS) is 2. The van der Waals surface area contributed by atoms with Crippen molar-refractivity contribution in [3.8, 4) is 11.5 Å². The summed E-state index contributed by atoms with van der Waals surface area (Å²) in [5, 5.41) is 17.6. The van der Waals surface area contributed by atoms with Gasteiger partial charge < -0.3 is 25.4 Å². The molecule has 0 fully saturated rings. The summed E-state index contributed by atoms with van der Waals surface area (Å²) in [6.45, 7) is 1.32. The number of ether oxygens (including phenoxy) is 2. The van der Waals surface area contributed by atoms with Crippen molar-refractivity contribution in [3.63, 3.8) is 0 Å². The van der Waals surface area contributed by atoms with Crippen molar-refractivity contribution in [1.29, 1.82) is 0 Å². The summed E-state index contributed by atoms with van der Waals surface area (Å²) in [6, 6.07) is 2.41. The topological polar surface area (TPSA) is 119 Å². The van der Waals surface area contributed by atoms with Crippen LogP contribution in [-0.2, 0) is 4.79 Å². The molecule has 1 unspecified atom stereocenters. The lowest BCUT2D eigenvalue weighted by Gasteiger charge is -2.15. The largest absolute Gasteiger partial charge is 0.493 e. The molecule has 0 aliphatic heterocycles. The fraction of sp³-hybridized carbons (Fsp3) is 0.273. The highest BCUT2D eigenvalue weighted by Gasteiger charge is 2.19. The van der Waals surface area contributed by atoms with Crippen LogP contribution in [0.1, 0.15) is 17.3 Å². The number of hydrogen-bond acceptors (Lipinski definition) is 5. The molecule has 7 nitrogen and oxygen atoms in total. The van der Waals surface area contributed by atoms with Gasteiger partial charge in [0.25, 0.3) is 0 Å². The van der Waals surface area contributed by atoms with Gasteiger partial charge in [0.05, 0.1) is 18.4 Å². The van der Waals surface area contributed by atoms with E-state index in [0.29, 0.717) is 0 Å². The van der Waals surface area contributed by atoms with Crippen molar-refractivity contribution in [2.45, 2.75) is 13.0 Å². The number of carboxylic acids is 2. The molecule has 18 heavy (non-hydrogen) atoms.